The zero-order chi connectivity index (χ0) is 13.4. The van der Waals surface area contributed by atoms with E-state index in [1.54, 1.807) is 0 Å². The van der Waals surface area contributed by atoms with Crippen molar-refractivity contribution in [3.8, 4) is 0 Å². The molecule has 2 aromatic heterocycles. The summed E-state index contributed by atoms with van der Waals surface area (Å²) in [5, 5.41) is 4.55. The molecule has 2 aromatic rings. The zero-order valence-electron chi connectivity index (χ0n) is 11.0. The maximum absolute atomic E-state index is 6.02. The highest BCUT2D eigenvalue weighted by Crippen LogP contribution is 2.23. The molecule has 2 N–H and O–H groups in total. The van der Waals surface area contributed by atoms with Crippen LogP contribution < -0.4 is 10.6 Å². The van der Waals surface area contributed by atoms with Gasteiger partial charge in [0.2, 0.25) is 5.95 Å². The molecule has 0 aliphatic carbocycles. The van der Waals surface area contributed by atoms with Gasteiger partial charge in [-0.05, 0) is 53.7 Å². The molecule has 3 heterocycles. The average molecular weight is 324 g/mol. The fourth-order valence-electron chi connectivity index (χ4n) is 2.60. The molecule has 0 aromatic carbocycles. The summed E-state index contributed by atoms with van der Waals surface area (Å²) < 4.78 is 2.82. The lowest BCUT2D eigenvalue weighted by Crippen LogP contribution is -2.42. The lowest BCUT2D eigenvalue weighted by molar-refractivity contribution is 0.362. The van der Waals surface area contributed by atoms with Gasteiger partial charge in [-0.1, -0.05) is 0 Å². The minimum atomic E-state index is 0.231. The van der Waals surface area contributed by atoms with Crippen LogP contribution >= 0.6 is 15.9 Å². The standard InChI is InChI=1S/C13H18BrN5/c1-9(15)10-3-2-6-18(7-10)13-16-12-5-4-11(14)8-19(12)17-13/h4-5,8-10H,2-3,6-7,15H2,1H3. The van der Waals surface area contributed by atoms with Gasteiger partial charge < -0.3 is 10.6 Å². The molecule has 0 bridgehead atoms. The van der Waals surface area contributed by atoms with Crippen molar-refractivity contribution in [2.24, 2.45) is 11.7 Å². The molecule has 0 radical (unpaired) electrons. The number of nitrogens with two attached hydrogens (primary N) is 1. The van der Waals surface area contributed by atoms with Crippen LogP contribution in [-0.2, 0) is 0 Å². The monoisotopic (exact) mass is 323 g/mol. The molecule has 0 spiro atoms. The summed E-state index contributed by atoms with van der Waals surface area (Å²) in [6, 6.07) is 4.18. The van der Waals surface area contributed by atoms with E-state index in [0.717, 1.165) is 35.6 Å². The molecule has 5 nitrogen and oxygen atoms in total. The highest BCUT2D eigenvalue weighted by molar-refractivity contribution is 9.10. The van der Waals surface area contributed by atoms with Gasteiger partial charge in [-0.3, -0.25) is 0 Å². The Morgan fingerprint density at radius 2 is 2.32 bits per heavy atom. The van der Waals surface area contributed by atoms with Gasteiger partial charge in [0.15, 0.2) is 5.65 Å². The Hall–Kier alpha value is -1.14. The van der Waals surface area contributed by atoms with Gasteiger partial charge in [-0.15, -0.1) is 5.10 Å². The molecule has 1 aliphatic heterocycles. The summed E-state index contributed by atoms with van der Waals surface area (Å²) in [7, 11) is 0. The van der Waals surface area contributed by atoms with Crippen LogP contribution in [0, 0.1) is 5.92 Å². The number of hydrogen-bond donors (Lipinski definition) is 1. The van der Waals surface area contributed by atoms with Crippen molar-refractivity contribution in [1.82, 2.24) is 14.6 Å². The van der Waals surface area contributed by atoms with Crippen LogP contribution in [0.2, 0.25) is 0 Å². The number of piperidine rings is 1. The number of halogens is 1. The highest BCUT2D eigenvalue weighted by Gasteiger charge is 2.25. The third kappa shape index (κ3) is 2.60. The van der Waals surface area contributed by atoms with Crippen molar-refractivity contribution < 1.29 is 0 Å². The Bertz CT molecular complexity index is 579. The minimum absolute atomic E-state index is 0.231. The SMILES string of the molecule is CC(N)C1CCCN(c2nc3ccc(Br)cn3n2)C1. The van der Waals surface area contributed by atoms with Crippen molar-refractivity contribution in [3.63, 3.8) is 0 Å². The zero-order valence-corrected chi connectivity index (χ0v) is 12.5. The van der Waals surface area contributed by atoms with Crippen molar-refractivity contribution >= 4 is 27.5 Å². The number of nitrogens with zero attached hydrogens (tertiary/aromatic N) is 4. The second kappa shape index (κ2) is 5.09. The van der Waals surface area contributed by atoms with E-state index in [1.165, 1.54) is 6.42 Å². The molecule has 19 heavy (non-hydrogen) atoms. The van der Waals surface area contributed by atoms with E-state index < -0.39 is 0 Å². The number of fused-ring (bicyclic) bond motifs is 1. The fraction of sp³-hybridized carbons (Fsp3) is 0.538. The van der Waals surface area contributed by atoms with Crippen molar-refractivity contribution in [2.45, 2.75) is 25.8 Å². The number of aromatic nitrogens is 3. The number of pyridine rings is 1. The minimum Gasteiger partial charge on any atom is -0.339 e. The lowest BCUT2D eigenvalue weighted by atomic mass is 9.92. The first-order chi connectivity index (χ1) is 9.13. The van der Waals surface area contributed by atoms with Crippen molar-refractivity contribution in [1.29, 1.82) is 0 Å². The Balaban J connectivity index is 1.87. The summed E-state index contributed by atoms with van der Waals surface area (Å²) in [6.45, 7) is 4.05. The van der Waals surface area contributed by atoms with Crippen LogP contribution in [0.3, 0.4) is 0 Å². The topological polar surface area (TPSA) is 59.5 Å². The van der Waals surface area contributed by atoms with Crippen LogP contribution in [-0.4, -0.2) is 33.7 Å². The fourth-order valence-corrected chi connectivity index (χ4v) is 2.93. The molecular formula is C13H18BrN5. The molecule has 3 rings (SSSR count). The van der Waals surface area contributed by atoms with Gasteiger partial charge in [0.1, 0.15) is 0 Å². The van der Waals surface area contributed by atoms with E-state index in [9.17, 15) is 0 Å². The summed E-state index contributed by atoms with van der Waals surface area (Å²) in [5.41, 5.74) is 6.90. The largest absolute Gasteiger partial charge is 0.339 e. The average Bonchev–Trinajstić information content (AvgIpc) is 2.81. The molecule has 0 amide bonds. The first-order valence-electron chi connectivity index (χ1n) is 6.66. The summed E-state index contributed by atoms with van der Waals surface area (Å²) in [6.07, 6.45) is 4.29. The number of anilines is 1. The van der Waals surface area contributed by atoms with E-state index >= 15 is 0 Å². The Labute approximate surface area is 120 Å². The second-order valence-corrected chi connectivity index (χ2v) is 6.19. The smallest absolute Gasteiger partial charge is 0.245 e. The molecule has 6 heteroatoms. The second-order valence-electron chi connectivity index (χ2n) is 5.27. The molecule has 0 saturated carbocycles. The predicted octanol–water partition coefficient (Wildman–Crippen LogP) is 2.06. The van der Waals surface area contributed by atoms with Crippen LogP contribution in [0.4, 0.5) is 5.95 Å². The third-order valence-electron chi connectivity index (χ3n) is 3.77. The lowest BCUT2D eigenvalue weighted by Gasteiger charge is -2.33. The maximum Gasteiger partial charge on any atom is 0.245 e. The van der Waals surface area contributed by atoms with Gasteiger partial charge in [-0.25, -0.2) is 4.52 Å². The molecule has 1 saturated heterocycles. The van der Waals surface area contributed by atoms with E-state index in [-0.39, 0.29) is 6.04 Å². The van der Waals surface area contributed by atoms with E-state index in [1.807, 2.05) is 22.8 Å². The molecule has 102 valence electrons. The maximum atomic E-state index is 6.02. The molecule has 1 fully saturated rings. The van der Waals surface area contributed by atoms with Gasteiger partial charge in [0.25, 0.3) is 0 Å². The first-order valence-corrected chi connectivity index (χ1v) is 7.45. The Morgan fingerprint density at radius 3 is 3.11 bits per heavy atom. The Kier molecular flexibility index (Phi) is 3.45. The van der Waals surface area contributed by atoms with Crippen LogP contribution in [0.1, 0.15) is 19.8 Å². The van der Waals surface area contributed by atoms with E-state index in [0.29, 0.717) is 5.92 Å². The quantitative estimate of drug-likeness (QED) is 0.919. The van der Waals surface area contributed by atoms with Gasteiger partial charge >= 0.3 is 0 Å². The highest BCUT2D eigenvalue weighted by atomic mass is 79.9. The number of hydrogen-bond acceptors (Lipinski definition) is 4. The number of rotatable bonds is 2. The van der Waals surface area contributed by atoms with Gasteiger partial charge in [0.05, 0.1) is 0 Å². The van der Waals surface area contributed by atoms with Crippen LogP contribution in [0.5, 0.6) is 0 Å². The Morgan fingerprint density at radius 1 is 1.47 bits per heavy atom. The van der Waals surface area contributed by atoms with Gasteiger partial charge in [-0.2, -0.15) is 4.98 Å². The summed E-state index contributed by atoms with van der Waals surface area (Å²) in [5.74, 6) is 1.34. The molecule has 2 atom stereocenters. The summed E-state index contributed by atoms with van der Waals surface area (Å²) in [4.78, 5) is 6.84. The van der Waals surface area contributed by atoms with Crippen molar-refractivity contribution in [3.05, 3.63) is 22.8 Å². The van der Waals surface area contributed by atoms with E-state index in [2.05, 4.69) is 37.8 Å². The van der Waals surface area contributed by atoms with Crippen LogP contribution in [0.25, 0.3) is 5.65 Å². The third-order valence-corrected chi connectivity index (χ3v) is 4.24. The summed E-state index contributed by atoms with van der Waals surface area (Å²) >= 11 is 3.45. The van der Waals surface area contributed by atoms with Crippen LogP contribution in [0.15, 0.2) is 22.8 Å². The molecular weight excluding hydrogens is 306 g/mol. The first kappa shape index (κ1) is 12.9. The van der Waals surface area contributed by atoms with Gasteiger partial charge in [0, 0.05) is 29.8 Å². The predicted molar refractivity (Wildman–Crippen MR) is 79.3 cm³/mol. The molecule has 2 unspecified atom stereocenters. The van der Waals surface area contributed by atoms with Crippen molar-refractivity contribution in [2.75, 3.05) is 18.0 Å². The van der Waals surface area contributed by atoms with E-state index in [4.69, 9.17) is 5.73 Å². The normalized spacial score (nSPS) is 21.8. The molecule has 1 aliphatic rings.